The van der Waals surface area contributed by atoms with Crippen LogP contribution in [0.4, 0.5) is 0 Å². The fourth-order valence-electron chi connectivity index (χ4n) is 4.14. The third-order valence-corrected chi connectivity index (χ3v) is 5.77. The van der Waals surface area contributed by atoms with Gasteiger partial charge in [-0.05, 0) is 58.2 Å². The molecule has 2 N–H and O–H groups in total. The second-order valence-corrected chi connectivity index (χ2v) is 7.79. The lowest BCUT2D eigenvalue weighted by Gasteiger charge is -2.25. The van der Waals surface area contributed by atoms with E-state index in [9.17, 15) is 9.59 Å². The first-order valence-electron chi connectivity index (χ1n) is 9.95. The molecule has 0 spiro atoms. The van der Waals surface area contributed by atoms with E-state index in [0.717, 1.165) is 45.4 Å². The summed E-state index contributed by atoms with van der Waals surface area (Å²) in [5.74, 6) is 0.0917. The number of aliphatic carboxylic acids is 1. The molecule has 0 aromatic heterocycles. The van der Waals surface area contributed by atoms with Gasteiger partial charge in [-0.2, -0.15) is 0 Å². The van der Waals surface area contributed by atoms with Crippen molar-refractivity contribution < 1.29 is 14.7 Å². The standard InChI is InChI=1S/C19H35N3O3/c1-21(15-19(24)25)17-8-5-11-22(12-9-17)13-10-18(23)20-14-16-6-3-2-4-7-16/h16-17H,2-15H2,1H3,(H,20,23)(H,24,25). The van der Waals surface area contributed by atoms with E-state index >= 15 is 0 Å². The van der Waals surface area contributed by atoms with Crippen LogP contribution < -0.4 is 5.32 Å². The first kappa shape index (κ1) is 20.2. The lowest BCUT2D eigenvalue weighted by molar-refractivity contribution is -0.138. The van der Waals surface area contributed by atoms with Crippen LogP contribution in [0.2, 0.25) is 0 Å². The number of hydrogen-bond donors (Lipinski definition) is 2. The fraction of sp³-hybridized carbons (Fsp3) is 0.895. The van der Waals surface area contributed by atoms with Gasteiger partial charge in [0, 0.05) is 25.6 Å². The molecule has 25 heavy (non-hydrogen) atoms. The van der Waals surface area contributed by atoms with Crippen molar-refractivity contribution in [1.82, 2.24) is 15.1 Å². The van der Waals surface area contributed by atoms with Crippen molar-refractivity contribution in [2.75, 3.05) is 39.8 Å². The van der Waals surface area contributed by atoms with Gasteiger partial charge in [0.25, 0.3) is 0 Å². The number of carbonyl (C=O) groups excluding carboxylic acids is 1. The number of likely N-dealkylation sites (tertiary alicyclic amines) is 1. The van der Waals surface area contributed by atoms with Crippen LogP contribution in [0.25, 0.3) is 0 Å². The molecule has 0 radical (unpaired) electrons. The molecule has 6 heteroatoms. The van der Waals surface area contributed by atoms with E-state index in [-0.39, 0.29) is 12.5 Å². The van der Waals surface area contributed by atoms with Crippen LogP contribution in [0.15, 0.2) is 0 Å². The van der Waals surface area contributed by atoms with Crippen LogP contribution in [0.1, 0.15) is 57.8 Å². The molecule has 1 saturated heterocycles. The Hall–Kier alpha value is -1.14. The van der Waals surface area contributed by atoms with E-state index in [4.69, 9.17) is 5.11 Å². The summed E-state index contributed by atoms with van der Waals surface area (Å²) in [5.41, 5.74) is 0. The van der Waals surface area contributed by atoms with E-state index in [1.54, 1.807) is 0 Å². The SMILES string of the molecule is CN(CC(=O)O)C1CCCN(CCC(=O)NCC2CCCCC2)CC1. The highest BCUT2D eigenvalue weighted by atomic mass is 16.4. The molecule has 1 atom stereocenters. The molecular formula is C19H35N3O3. The molecule has 1 amide bonds. The zero-order valence-electron chi connectivity index (χ0n) is 15.7. The third kappa shape index (κ3) is 7.74. The number of likely N-dealkylation sites (N-methyl/N-ethyl adjacent to an activating group) is 1. The number of carbonyl (C=O) groups is 2. The molecule has 2 aliphatic rings. The summed E-state index contributed by atoms with van der Waals surface area (Å²) in [7, 11) is 1.90. The highest BCUT2D eigenvalue weighted by Crippen LogP contribution is 2.22. The van der Waals surface area contributed by atoms with Crippen molar-refractivity contribution in [2.24, 2.45) is 5.92 Å². The average Bonchev–Trinajstić information content (AvgIpc) is 2.84. The molecule has 1 unspecified atom stereocenters. The molecule has 1 aliphatic carbocycles. The molecule has 6 nitrogen and oxygen atoms in total. The van der Waals surface area contributed by atoms with Gasteiger partial charge in [-0.1, -0.05) is 19.3 Å². The Labute approximate surface area is 151 Å². The molecule has 0 bridgehead atoms. The van der Waals surface area contributed by atoms with Gasteiger partial charge in [-0.15, -0.1) is 0 Å². The minimum Gasteiger partial charge on any atom is -0.480 e. The molecule has 0 aromatic carbocycles. The third-order valence-electron chi connectivity index (χ3n) is 5.77. The van der Waals surface area contributed by atoms with E-state index in [0.29, 0.717) is 18.4 Å². The predicted octanol–water partition coefficient (Wildman–Crippen LogP) is 1.94. The number of rotatable bonds is 8. The summed E-state index contributed by atoms with van der Waals surface area (Å²) in [6.45, 7) is 3.72. The van der Waals surface area contributed by atoms with Crippen molar-refractivity contribution >= 4 is 11.9 Å². The second-order valence-electron chi connectivity index (χ2n) is 7.79. The van der Waals surface area contributed by atoms with Crippen molar-refractivity contribution in [3.8, 4) is 0 Å². The minimum absolute atomic E-state index is 0.105. The minimum atomic E-state index is -0.766. The number of nitrogens with one attached hydrogen (secondary N) is 1. The van der Waals surface area contributed by atoms with Gasteiger partial charge in [0.2, 0.25) is 5.91 Å². The number of amides is 1. The molecule has 1 heterocycles. The summed E-state index contributed by atoms with van der Waals surface area (Å²) in [6.07, 6.45) is 10.2. The monoisotopic (exact) mass is 353 g/mol. The second kappa shape index (κ2) is 10.8. The van der Waals surface area contributed by atoms with E-state index in [2.05, 4.69) is 10.2 Å². The highest BCUT2D eigenvalue weighted by molar-refractivity contribution is 5.76. The normalized spacial score (nSPS) is 23.4. The maximum Gasteiger partial charge on any atom is 0.317 e. The average molecular weight is 354 g/mol. The zero-order chi connectivity index (χ0) is 18.1. The van der Waals surface area contributed by atoms with Crippen molar-refractivity contribution in [2.45, 2.75) is 63.8 Å². The molecule has 2 fully saturated rings. The van der Waals surface area contributed by atoms with Gasteiger partial charge >= 0.3 is 5.97 Å². The Balaban J connectivity index is 1.62. The summed E-state index contributed by atoms with van der Waals surface area (Å²) >= 11 is 0. The topological polar surface area (TPSA) is 72.9 Å². The van der Waals surface area contributed by atoms with Gasteiger partial charge in [0.1, 0.15) is 0 Å². The smallest absolute Gasteiger partial charge is 0.317 e. The molecular weight excluding hydrogens is 318 g/mol. The summed E-state index contributed by atoms with van der Waals surface area (Å²) < 4.78 is 0. The highest BCUT2D eigenvalue weighted by Gasteiger charge is 2.22. The van der Waals surface area contributed by atoms with Crippen LogP contribution in [0, 0.1) is 5.92 Å². The van der Waals surface area contributed by atoms with Gasteiger partial charge in [-0.3, -0.25) is 14.5 Å². The van der Waals surface area contributed by atoms with Crippen LogP contribution >= 0.6 is 0 Å². The number of carboxylic acids is 1. The predicted molar refractivity (Wildman–Crippen MR) is 98.5 cm³/mol. The molecule has 2 rings (SSSR count). The summed E-state index contributed by atoms with van der Waals surface area (Å²) in [4.78, 5) is 27.3. The van der Waals surface area contributed by atoms with Crippen molar-refractivity contribution in [3.05, 3.63) is 0 Å². The number of hydrogen-bond acceptors (Lipinski definition) is 4. The Morgan fingerprint density at radius 3 is 2.56 bits per heavy atom. The lowest BCUT2D eigenvalue weighted by atomic mass is 9.89. The fourth-order valence-corrected chi connectivity index (χ4v) is 4.14. The number of carboxylic acid groups (broad SMARTS) is 1. The van der Waals surface area contributed by atoms with Crippen LogP contribution in [0.3, 0.4) is 0 Å². The van der Waals surface area contributed by atoms with E-state index in [1.165, 1.54) is 32.1 Å². The number of nitrogens with zero attached hydrogens (tertiary/aromatic N) is 2. The van der Waals surface area contributed by atoms with E-state index < -0.39 is 5.97 Å². The lowest BCUT2D eigenvalue weighted by Crippen LogP contribution is -2.37. The summed E-state index contributed by atoms with van der Waals surface area (Å²) in [6, 6.07) is 0.334. The van der Waals surface area contributed by atoms with E-state index in [1.807, 2.05) is 11.9 Å². The van der Waals surface area contributed by atoms with Crippen LogP contribution in [-0.2, 0) is 9.59 Å². The van der Waals surface area contributed by atoms with Gasteiger partial charge in [0.15, 0.2) is 0 Å². The van der Waals surface area contributed by atoms with Gasteiger partial charge in [-0.25, -0.2) is 0 Å². The largest absolute Gasteiger partial charge is 0.480 e. The first-order valence-corrected chi connectivity index (χ1v) is 9.95. The van der Waals surface area contributed by atoms with Crippen LogP contribution in [0.5, 0.6) is 0 Å². The van der Waals surface area contributed by atoms with Gasteiger partial charge < -0.3 is 15.3 Å². The first-order chi connectivity index (χ1) is 12.0. The van der Waals surface area contributed by atoms with Crippen molar-refractivity contribution in [1.29, 1.82) is 0 Å². The zero-order valence-corrected chi connectivity index (χ0v) is 15.7. The Kier molecular flexibility index (Phi) is 8.68. The van der Waals surface area contributed by atoms with Crippen LogP contribution in [-0.4, -0.2) is 72.6 Å². The Bertz CT molecular complexity index is 424. The molecule has 1 saturated carbocycles. The molecule has 144 valence electrons. The molecule has 1 aliphatic heterocycles. The maximum absolute atomic E-state index is 12.1. The summed E-state index contributed by atoms with van der Waals surface area (Å²) in [5, 5.41) is 12.0. The quantitative estimate of drug-likeness (QED) is 0.698. The molecule has 0 aromatic rings. The van der Waals surface area contributed by atoms with Crippen molar-refractivity contribution in [3.63, 3.8) is 0 Å². The van der Waals surface area contributed by atoms with Gasteiger partial charge in [0.05, 0.1) is 6.54 Å². The maximum atomic E-state index is 12.1. The Morgan fingerprint density at radius 2 is 1.84 bits per heavy atom. The Morgan fingerprint density at radius 1 is 1.08 bits per heavy atom.